The Morgan fingerprint density at radius 2 is 1.56 bits per heavy atom. The maximum Gasteiger partial charge on any atom is 0.274 e. The summed E-state index contributed by atoms with van der Waals surface area (Å²) in [6, 6.07) is 8.91. The fourth-order valence-electron chi connectivity index (χ4n) is 4.35. The lowest BCUT2D eigenvalue weighted by Gasteiger charge is -2.30. The molecule has 36 heavy (non-hydrogen) atoms. The molecule has 188 valence electrons. The SMILES string of the molecule is O=C(CN(C(=O)c1ccc(Cl)cc1Cl)N1C(=O)[C@H]2C[C@@H](Br)[C@@H](Br)C[C@H]2C1=O)c1ccc([N+](=O)[O-])cc1. The van der Waals surface area contributed by atoms with Crippen molar-refractivity contribution in [3.8, 4) is 0 Å². The lowest BCUT2D eigenvalue weighted by Crippen LogP contribution is -2.52. The first-order valence-corrected chi connectivity index (χ1v) is 13.3. The number of alkyl halides is 2. The number of benzene rings is 2. The van der Waals surface area contributed by atoms with Gasteiger partial charge in [-0.05, 0) is 43.2 Å². The predicted octanol–water partition coefficient (Wildman–Crippen LogP) is 5.06. The summed E-state index contributed by atoms with van der Waals surface area (Å²) in [5.41, 5.74) is -0.196. The minimum atomic E-state index is -0.835. The number of halogens is 4. The van der Waals surface area contributed by atoms with Crippen LogP contribution in [0.15, 0.2) is 42.5 Å². The number of nitro groups is 1. The van der Waals surface area contributed by atoms with E-state index in [9.17, 15) is 29.3 Å². The van der Waals surface area contributed by atoms with Crippen LogP contribution >= 0.6 is 55.1 Å². The summed E-state index contributed by atoms with van der Waals surface area (Å²) in [4.78, 5) is 63.7. The first-order chi connectivity index (χ1) is 17.0. The molecule has 0 bridgehead atoms. The van der Waals surface area contributed by atoms with Crippen LogP contribution in [0.3, 0.4) is 0 Å². The number of hydrogen-bond donors (Lipinski definition) is 0. The van der Waals surface area contributed by atoms with Crippen molar-refractivity contribution in [3.05, 3.63) is 73.8 Å². The molecule has 3 amide bonds. The Kier molecular flexibility index (Phi) is 7.84. The van der Waals surface area contributed by atoms with Gasteiger partial charge >= 0.3 is 0 Å². The van der Waals surface area contributed by atoms with Gasteiger partial charge in [0.1, 0.15) is 6.54 Å². The number of imide groups is 1. The van der Waals surface area contributed by atoms with Crippen LogP contribution < -0.4 is 0 Å². The van der Waals surface area contributed by atoms with Gasteiger partial charge in [-0.3, -0.25) is 29.3 Å². The zero-order chi connectivity index (χ0) is 26.3. The number of rotatable bonds is 6. The summed E-state index contributed by atoms with van der Waals surface area (Å²) in [7, 11) is 0. The number of ketones is 1. The van der Waals surface area contributed by atoms with Crippen molar-refractivity contribution in [2.45, 2.75) is 22.5 Å². The molecule has 1 saturated heterocycles. The van der Waals surface area contributed by atoms with Crippen LogP contribution in [0, 0.1) is 22.0 Å². The van der Waals surface area contributed by atoms with Gasteiger partial charge in [0.05, 0.1) is 27.3 Å². The fourth-order valence-corrected chi connectivity index (χ4v) is 6.07. The maximum atomic E-state index is 13.6. The highest BCUT2D eigenvalue weighted by Crippen LogP contribution is 2.44. The molecule has 1 heterocycles. The van der Waals surface area contributed by atoms with Crippen LogP contribution in [0.4, 0.5) is 5.69 Å². The van der Waals surface area contributed by atoms with E-state index in [0.717, 1.165) is 22.2 Å². The zero-order valence-electron chi connectivity index (χ0n) is 18.3. The van der Waals surface area contributed by atoms with Crippen LogP contribution in [0.1, 0.15) is 33.6 Å². The monoisotopic (exact) mass is 659 g/mol. The fraction of sp³-hybridized carbons (Fsp3) is 0.304. The number of amides is 3. The smallest absolute Gasteiger partial charge is 0.274 e. The van der Waals surface area contributed by atoms with E-state index < -0.39 is 46.8 Å². The van der Waals surface area contributed by atoms with Gasteiger partial charge in [-0.2, -0.15) is 5.01 Å². The van der Waals surface area contributed by atoms with E-state index in [2.05, 4.69) is 31.9 Å². The Bertz CT molecular complexity index is 1250. The van der Waals surface area contributed by atoms with E-state index in [-0.39, 0.29) is 36.5 Å². The van der Waals surface area contributed by atoms with Gasteiger partial charge in [0.2, 0.25) is 0 Å². The largest absolute Gasteiger partial charge is 0.292 e. The van der Waals surface area contributed by atoms with Crippen molar-refractivity contribution in [2.24, 2.45) is 11.8 Å². The first-order valence-electron chi connectivity index (χ1n) is 10.7. The Morgan fingerprint density at radius 1 is 1.00 bits per heavy atom. The van der Waals surface area contributed by atoms with Gasteiger partial charge in [0.25, 0.3) is 23.4 Å². The minimum absolute atomic E-state index is 0.0159. The highest BCUT2D eigenvalue weighted by atomic mass is 79.9. The van der Waals surface area contributed by atoms with Gasteiger partial charge in [-0.25, -0.2) is 5.01 Å². The second kappa shape index (κ2) is 10.6. The molecule has 1 saturated carbocycles. The summed E-state index contributed by atoms with van der Waals surface area (Å²) >= 11 is 19.2. The topological polar surface area (TPSA) is 118 Å². The van der Waals surface area contributed by atoms with Crippen molar-refractivity contribution >= 4 is 84.3 Å². The molecule has 2 aromatic rings. The number of nitrogens with zero attached hydrogens (tertiary/aromatic N) is 3. The van der Waals surface area contributed by atoms with Crippen LogP contribution in [-0.2, 0) is 9.59 Å². The third-order valence-electron chi connectivity index (χ3n) is 6.22. The number of carbonyl (C=O) groups is 4. The van der Waals surface area contributed by atoms with Crippen LogP contribution in [0.25, 0.3) is 0 Å². The highest BCUT2D eigenvalue weighted by Gasteiger charge is 2.54. The van der Waals surface area contributed by atoms with E-state index in [4.69, 9.17) is 23.2 Å². The Hall–Kier alpha value is -2.34. The number of nitro benzene ring substituents is 1. The standard InChI is InChI=1S/C23H17Br2Cl2N3O6/c24-17-8-15-16(9-18(17)25)23(34)29(22(15)33)28(21(32)14-6-3-12(26)7-19(14)27)10-20(31)11-1-4-13(5-2-11)30(35)36/h1-7,15-18H,8-10H2/t15-,16+,17+,18-. The van der Waals surface area contributed by atoms with Crippen LogP contribution in [0.5, 0.6) is 0 Å². The van der Waals surface area contributed by atoms with E-state index in [1.807, 2.05) is 0 Å². The molecule has 2 aromatic carbocycles. The molecule has 4 atom stereocenters. The summed E-state index contributed by atoms with van der Waals surface area (Å²) in [5.74, 6) is -3.93. The predicted molar refractivity (Wildman–Crippen MR) is 138 cm³/mol. The first kappa shape index (κ1) is 26.7. The third kappa shape index (κ3) is 5.06. The molecule has 4 rings (SSSR count). The van der Waals surface area contributed by atoms with Crippen LogP contribution in [0.2, 0.25) is 10.0 Å². The van der Waals surface area contributed by atoms with Crippen molar-refractivity contribution in [1.29, 1.82) is 0 Å². The highest BCUT2D eigenvalue weighted by molar-refractivity contribution is 9.12. The Morgan fingerprint density at radius 3 is 2.06 bits per heavy atom. The Labute approximate surface area is 232 Å². The molecule has 1 aliphatic carbocycles. The van der Waals surface area contributed by atoms with E-state index in [1.165, 1.54) is 30.3 Å². The summed E-state index contributed by atoms with van der Waals surface area (Å²) in [6.45, 7) is -0.665. The normalized spacial score (nSPS) is 23.4. The molecule has 0 unspecified atom stereocenters. The lowest BCUT2D eigenvalue weighted by atomic mass is 9.81. The van der Waals surface area contributed by atoms with Gasteiger partial charge in [-0.15, -0.1) is 0 Å². The maximum absolute atomic E-state index is 13.6. The number of hydrazine groups is 1. The molecule has 0 N–H and O–H groups in total. The van der Waals surface area contributed by atoms with Crippen molar-refractivity contribution in [2.75, 3.05) is 6.54 Å². The van der Waals surface area contributed by atoms with Gasteiger partial charge < -0.3 is 0 Å². The van der Waals surface area contributed by atoms with Gasteiger partial charge in [-0.1, -0.05) is 55.1 Å². The van der Waals surface area contributed by atoms with Crippen molar-refractivity contribution in [3.63, 3.8) is 0 Å². The minimum Gasteiger partial charge on any atom is -0.292 e. The van der Waals surface area contributed by atoms with E-state index in [1.54, 1.807) is 0 Å². The quantitative estimate of drug-likeness (QED) is 0.140. The molecular formula is C23H17Br2Cl2N3O6. The van der Waals surface area contributed by atoms with Crippen molar-refractivity contribution < 1.29 is 24.1 Å². The van der Waals surface area contributed by atoms with E-state index >= 15 is 0 Å². The molecule has 9 nitrogen and oxygen atoms in total. The second-order valence-corrected chi connectivity index (χ2v) is 11.6. The van der Waals surface area contributed by atoms with E-state index in [0.29, 0.717) is 12.8 Å². The average Bonchev–Trinajstić information content (AvgIpc) is 3.06. The molecule has 0 spiro atoms. The molecule has 0 radical (unpaired) electrons. The molecular weight excluding hydrogens is 645 g/mol. The van der Waals surface area contributed by atoms with Gasteiger partial charge in [0, 0.05) is 32.4 Å². The zero-order valence-corrected chi connectivity index (χ0v) is 23.0. The summed E-state index contributed by atoms with van der Waals surface area (Å²) in [5, 5.41) is 12.7. The van der Waals surface area contributed by atoms with Gasteiger partial charge in [0.15, 0.2) is 5.78 Å². The molecule has 2 aliphatic rings. The van der Waals surface area contributed by atoms with Crippen LogP contribution in [-0.4, -0.2) is 54.6 Å². The number of Topliss-reactive ketones (excluding diaryl/α,β-unsaturated/α-hetero) is 1. The molecule has 2 fully saturated rings. The average molecular weight is 662 g/mol. The summed E-state index contributed by atoms with van der Waals surface area (Å²) < 4.78 is 0. The number of hydrogen-bond acceptors (Lipinski definition) is 6. The second-order valence-electron chi connectivity index (χ2n) is 8.42. The number of carbonyl (C=O) groups excluding carboxylic acids is 4. The molecule has 1 aliphatic heterocycles. The Balaban J connectivity index is 1.71. The summed E-state index contributed by atoms with van der Waals surface area (Å²) in [6.07, 6.45) is 0.753. The third-order valence-corrected chi connectivity index (χ3v) is 9.50. The number of non-ortho nitro benzene ring substituents is 1. The molecule has 13 heteroatoms. The van der Waals surface area contributed by atoms with Crippen molar-refractivity contribution in [1.82, 2.24) is 10.0 Å². The molecule has 0 aromatic heterocycles. The lowest BCUT2D eigenvalue weighted by molar-refractivity contribution is -0.384. The number of fused-ring (bicyclic) bond motifs is 1.